The zero-order valence-corrected chi connectivity index (χ0v) is 13.2. The third kappa shape index (κ3) is 4.88. The molecule has 1 saturated heterocycles. The maximum Gasteiger partial charge on any atom is 0.223 e. The van der Waals surface area contributed by atoms with Crippen molar-refractivity contribution in [1.82, 2.24) is 9.47 Å². The minimum atomic E-state index is -0.258. The Balaban J connectivity index is 2.11. The van der Waals surface area contributed by atoms with Crippen LogP contribution in [0.4, 0.5) is 0 Å². The van der Waals surface area contributed by atoms with Crippen LogP contribution in [0.3, 0.4) is 0 Å². The molecule has 0 radical (unpaired) electrons. The van der Waals surface area contributed by atoms with Gasteiger partial charge in [-0.15, -0.1) is 0 Å². The van der Waals surface area contributed by atoms with Gasteiger partial charge in [-0.3, -0.25) is 9.69 Å². The highest BCUT2D eigenvalue weighted by Gasteiger charge is 2.13. The molecule has 1 aromatic heterocycles. The quantitative estimate of drug-likeness (QED) is 0.819. The van der Waals surface area contributed by atoms with Gasteiger partial charge in [0, 0.05) is 24.8 Å². The molecule has 1 N–H and O–H groups in total. The minimum Gasteiger partial charge on any atom is -0.503 e. The molecule has 1 fully saturated rings. The molecule has 1 aliphatic rings. The van der Waals surface area contributed by atoms with Crippen molar-refractivity contribution in [2.45, 2.75) is 65.0 Å². The van der Waals surface area contributed by atoms with Crippen molar-refractivity contribution >= 4 is 0 Å². The number of aryl methyl sites for hydroxylation is 1. The van der Waals surface area contributed by atoms with E-state index in [-0.39, 0.29) is 11.2 Å². The molecule has 4 nitrogen and oxygen atoms in total. The highest BCUT2D eigenvalue weighted by atomic mass is 16.3. The summed E-state index contributed by atoms with van der Waals surface area (Å²) in [5.41, 5.74) is 0.780. The van der Waals surface area contributed by atoms with Gasteiger partial charge in [0.05, 0.1) is 6.20 Å². The van der Waals surface area contributed by atoms with Crippen LogP contribution in [0.2, 0.25) is 0 Å². The van der Waals surface area contributed by atoms with Gasteiger partial charge >= 0.3 is 0 Å². The third-order valence-electron chi connectivity index (χ3n) is 4.28. The van der Waals surface area contributed by atoms with E-state index in [1.165, 1.54) is 38.5 Å². The monoisotopic (exact) mass is 292 g/mol. The van der Waals surface area contributed by atoms with E-state index in [4.69, 9.17) is 0 Å². The summed E-state index contributed by atoms with van der Waals surface area (Å²) in [6, 6.07) is 1.62. The summed E-state index contributed by atoms with van der Waals surface area (Å²) in [7, 11) is 0. The number of hydrogen-bond donors (Lipinski definition) is 1. The van der Waals surface area contributed by atoms with Crippen LogP contribution in [0, 0.1) is 0 Å². The van der Waals surface area contributed by atoms with E-state index < -0.39 is 0 Å². The average Bonchev–Trinajstić information content (AvgIpc) is 2.73. The Labute approximate surface area is 127 Å². The van der Waals surface area contributed by atoms with Gasteiger partial charge in [0.1, 0.15) is 0 Å². The lowest BCUT2D eigenvalue weighted by Crippen LogP contribution is -2.27. The van der Waals surface area contributed by atoms with Gasteiger partial charge in [0.15, 0.2) is 5.75 Å². The molecule has 0 aliphatic carbocycles. The van der Waals surface area contributed by atoms with E-state index >= 15 is 0 Å². The molecular formula is C17H28N2O2. The van der Waals surface area contributed by atoms with E-state index in [1.807, 2.05) is 0 Å². The largest absolute Gasteiger partial charge is 0.503 e. The fourth-order valence-electron chi connectivity index (χ4n) is 3.00. The highest BCUT2D eigenvalue weighted by Crippen LogP contribution is 2.15. The summed E-state index contributed by atoms with van der Waals surface area (Å²) in [6.07, 6.45) is 10.2. The second kappa shape index (κ2) is 8.23. The summed E-state index contributed by atoms with van der Waals surface area (Å²) in [6.45, 7) is 6.11. The van der Waals surface area contributed by atoms with Gasteiger partial charge in [0.2, 0.25) is 5.43 Å². The van der Waals surface area contributed by atoms with Crippen LogP contribution in [0.15, 0.2) is 17.1 Å². The number of nitrogens with zero attached hydrogens (tertiary/aromatic N) is 2. The Morgan fingerprint density at radius 3 is 2.52 bits per heavy atom. The summed E-state index contributed by atoms with van der Waals surface area (Å²) in [4.78, 5) is 14.2. The van der Waals surface area contributed by atoms with Gasteiger partial charge < -0.3 is 9.67 Å². The SMILES string of the molecule is CCCCCn1cc(O)c(=O)cc1CN1CCCCCC1. The molecule has 118 valence electrons. The van der Waals surface area contributed by atoms with Crippen LogP contribution < -0.4 is 5.43 Å². The molecule has 2 rings (SSSR count). The smallest absolute Gasteiger partial charge is 0.223 e. The number of pyridine rings is 1. The number of aromatic nitrogens is 1. The number of hydrogen-bond acceptors (Lipinski definition) is 3. The van der Waals surface area contributed by atoms with Crippen LogP contribution in [0.5, 0.6) is 5.75 Å². The summed E-state index contributed by atoms with van der Waals surface area (Å²) < 4.78 is 2.07. The molecule has 0 aromatic carbocycles. The van der Waals surface area contributed by atoms with E-state index in [0.29, 0.717) is 0 Å². The molecule has 4 heteroatoms. The lowest BCUT2D eigenvalue weighted by Gasteiger charge is -2.22. The van der Waals surface area contributed by atoms with Crippen LogP contribution in [0.25, 0.3) is 0 Å². The predicted octanol–water partition coefficient (Wildman–Crippen LogP) is 3.12. The Hall–Kier alpha value is -1.29. The maximum atomic E-state index is 11.7. The normalized spacial score (nSPS) is 16.8. The van der Waals surface area contributed by atoms with E-state index in [9.17, 15) is 9.90 Å². The van der Waals surface area contributed by atoms with Crippen LogP contribution in [-0.4, -0.2) is 27.7 Å². The first-order valence-corrected chi connectivity index (χ1v) is 8.35. The molecule has 0 spiro atoms. The van der Waals surface area contributed by atoms with Gasteiger partial charge in [-0.25, -0.2) is 0 Å². The van der Waals surface area contributed by atoms with Crippen molar-refractivity contribution in [3.8, 4) is 5.75 Å². The number of likely N-dealkylation sites (tertiary alicyclic amines) is 1. The molecule has 1 aromatic rings. The fourth-order valence-corrected chi connectivity index (χ4v) is 3.00. The second-order valence-electron chi connectivity index (χ2n) is 6.11. The van der Waals surface area contributed by atoms with E-state index in [1.54, 1.807) is 12.3 Å². The van der Waals surface area contributed by atoms with Crippen LogP contribution in [0.1, 0.15) is 57.6 Å². The van der Waals surface area contributed by atoms with Crippen LogP contribution >= 0.6 is 0 Å². The third-order valence-corrected chi connectivity index (χ3v) is 4.28. The fraction of sp³-hybridized carbons (Fsp3) is 0.706. The average molecular weight is 292 g/mol. The molecule has 0 saturated carbocycles. The molecule has 1 aliphatic heterocycles. The number of aromatic hydroxyl groups is 1. The molecular weight excluding hydrogens is 264 g/mol. The first-order chi connectivity index (χ1) is 10.2. The van der Waals surface area contributed by atoms with Gasteiger partial charge in [0.25, 0.3) is 0 Å². The lowest BCUT2D eigenvalue weighted by atomic mass is 10.2. The minimum absolute atomic E-state index is 0.133. The Bertz CT molecular complexity index is 488. The Morgan fingerprint density at radius 2 is 1.86 bits per heavy atom. The van der Waals surface area contributed by atoms with Crippen molar-refractivity contribution in [1.29, 1.82) is 0 Å². The zero-order valence-electron chi connectivity index (χ0n) is 13.2. The van der Waals surface area contributed by atoms with E-state index in [2.05, 4.69) is 16.4 Å². The lowest BCUT2D eigenvalue weighted by molar-refractivity contribution is 0.267. The number of rotatable bonds is 6. The summed E-state index contributed by atoms with van der Waals surface area (Å²) in [5, 5.41) is 9.68. The zero-order chi connectivity index (χ0) is 15.1. The maximum absolute atomic E-state index is 11.7. The molecule has 0 amide bonds. The van der Waals surface area contributed by atoms with Crippen molar-refractivity contribution in [2.75, 3.05) is 13.1 Å². The molecule has 0 atom stereocenters. The molecule has 0 unspecified atom stereocenters. The topological polar surface area (TPSA) is 45.5 Å². The Morgan fingerprint density at radius 1 is 1.14 bits per heavy atom. The predicted molar refractivity (Wildman–Crippen MR) is 85.6 cm³/mol. The summed E-state index contributed by atoms with van der Waals surface area (Å²) >= 11 is 0. The van der Waals surface area contributed by atoms with Crippen molar-refractivity contribution < 1.29 is 5.11 Å². The van der Waals surface area contributed by atoms with Crippen LogP contribution in [-0.2, 0) is 13.1 Å². The van der Waals surface area contributed by atoms with Crippen molar-refractivity contribution in [3.63, 3.8) is 0 Å². The van der Waals surface area contributed by atoms with Crippen molar-refractivity contribution in [3.05, 3.63) is 28.2 Å². The first-order valence-electron chi connectivity index (χ1n) is 8.35. The highest BCUT2D eigenvalue weighted by molar-refractivity contribution is 5.20. The first kappa shape index (κ1) is 16.1. The second-order valence-corrected chi connectivity index (χ2v) is 6.11. The van der Waals surface area contributed by atoms with E-state index in [0.717, 1.165) is 38.3 Å². The Kier molecular flexibility index (Phi) is 6.30. The molecule has 21 heavy (non-hydrogen) atoms. The standard InChI is InChI=1S/C17H28N2O2/c1-2-3-6-11-19-14-17(21)16(20)12-15(19)13-18-9-7-4-5-8-10-18/h12,14,21H,2-11,13H2,1H3. The summed E-state index contributed by atoms with van der Waals surface area (Å²) in [5.74, 6) is -0.133. The number of unbranched alkanes of at least 4 members (excludes halogenated alkanes) is 2. The van der Waals surface area contributed by atoms with Gasteiger partial charge in [-0.05, 0) is 32.4 Å². The molecule has 0 bridgehead atoms. The van der Waals surface area contributed by atoms with Gasteiger partial charge in [-0.1, -0.05) is 32.6 Å². The van der Waals surface area contributed by atoms with Gasteiger partial charge in [-0.2, -0.15) is 0 Å². The van der Waals surface area contributed by atoms with Crippen molar-refractivity contribution in [2.24, 2.45) is 0 Å². The molecule has 2 heterocycles.